The Morgan fingerprint density at radius 3 is 2.39 bits per heavy atom. The van der Waals surface area contributed by atoms with Crippen LogP contribution in [0.4, 0.5) is 8.78 Å². The Labute approximate surface area is 146 Å². The van der Waals surface area contributed by atoms with Crippen LogP contribution in [0.25, 0.3) is 5.76 Å². The predicted octanol–water partition coefficient (Wildman–Crippen LogP) is 4.60. The number of nitrogens with one attached hydrogen (secondary N) is 1. The fourth-order valence-corrected chi connectivity index (χ4v) is 3.28. The van der Waals surface area contributed by atoms with Gasteiger partial charge in [0.15, 0.2) is 5.75 Å². The Bertz CT molecular complexity index is 702. The topological polar surface area (TPSA) is 90.6 Å². The van der Waals surface area contributed by atoms with Gasteiger partial charge < -0.3 is 20.4 Å². The maximum absolute atomic E-state index is 12.5. The molecule has 3 N–H and O–H groups in total. The Morgan fingerprint density at radius 2 is 1.91 bits per heavy atom. The molecule has 0 unspecified atom stereocenters. The number of benzene rings is 1. The van der Waals surface area contributed by atoms with Crippen molar-refractivity contribution in [3.63, 3.8) is 0 Å². The summed E-state index contributed by atoms with van der Waals surface area (Å²) in [6, 6.07) is 2.68. The summed E-state index contributed by atoms with van der Waals surface area (Å²) in [6.45, 7) is -3.09. The number of aliphatic carboxylic acids is 1. The minimum Gasteiger partial charge on any atom is -0.506 e. The highest BCUT2D eigenvalue weighted by molar-refractivity contribution is 9.11. The number of aliphatic hydroxyl groups is 1. The molecular weight excluding hydrogens is 444 g/mol. The van der Waals surface area contributed by atoms with E-state index in [2.05, 4.69) is 36.6 Å². The van der Waals surface area contributed by atoms with Crippen molar-refractivity contribution >= 4 is 49.3 Å². The van der Waals surface area contributed by atoms with Crippen LogP contribution in [0.1, 0.15) is 18.4 Å². The molecule has 1 aliphatic carbocycles. The van der Waals surface area contributed by atoms with E-state index in [-0.39, 0.29) is 31.9 Å². The molecular formula is C14H11Br2F2NO4. The molecule has 0 aromatic heterocycles. The van der Waals surface area contributed by atoms with Crippen molar-refractivity contribution in [2.75, 3.05) is 0 Å². The molecule has 2 rings (SSSR count). The number of hydrogen-bond donors (Lipinski definition) is 3. The van der Waals surface area contributed by atoms with E-state index in [1.807, 2.05) is 0 Å². The predicted molar refractivity (Wildman–Crippen MR) is 86.1 cm³/mol. The third-order valence-electron chi connectivity index (χ3n) is 3.22. The summed E-state index contributed by atoms with van der Waals surface area (Å²) in [4.78, 5) is 11.4. The molecule has 0 bridgehead atoms. The van der Waals surface area contributed by atoms with E-state index < -0.39 is 23.9 Å². The van der Waals surface area contributed by atoms with Gasteiger partial charge in [0, 0.05) is 11.5 Å². The molecule has 9 heteroatoms. The lowest BCUT2D eigenvalue weighted by Gasteiger charge is -2.14. The highest BCUT2D eigenvalue weighted by Gasteiger charge is 2.34. The van der Waals surface area contributed by atoms with E-state index in [0.717, 1.165) is 0 Å². The molecule has 0 aliphatic heterocycles. The van der Waals surface area contributed by atoms with Crippen LogP contribution in [0.15, 0.2) is 26.7 Å². The highest BCUT2D eigenvalue weighted by atomic mass is 79.9. The second kappa shape index (κ2) is 6.96. The van der Waals surface area contributed by atoms with Gasteiger partial charge in [0.1, 0.15) is 11.3 Å². The summed E-state index contributed by atoms with van der Waals surface area (Å²) in [5.41, 5.74) is -0.772. The van der Waals surface area contributed by atoms with Crippen molar-refractivity contribution in [1.29, 1.82) is 5.41 Å². The van der Waals surface area contributed by atoms with Gasteiger partial charge in [-0.1, -0.05) is 0 Å². The number of carboxylic acids is 1. The molecule has 0 spiro atoms. The van der Waals surface area contributed by atoms with Gasteiger partial charge in [-0.2, -0.15) is 8.78 Å². The van der Waals surface area contributed by atoms with E-state index in [9.17, 15) is 23.8 Å². The summed E-state index contributed by atoms with van der Waals surface area (Å²) in [5.74, 6) is -2.60. The maximum Gasteiger partial charge on any atom is 0.387 e. The fourth-order valence-electron chi connectivity index (χ4n) is 1.97. The minimum atomic E-state index is -3.09. The number of carbonyl (C=O) groups is 1. The van der Waals surface area contributed by atoms with Crippen molar-refractivity contribution in [1.82, 2.24) is 0 Å². The Balaban J connectivity index is 2.56. The van der Waals surface area contributed by atoms with E-state index in [4.69, 9.17) is 5.41 Å². The SMILES string of the molecule is N=C(C(C(=O)O)=C(O)c1ccc(Br)c(OC(F)F)c1Br)C1CC1. The fraction of sp³-hybridized carbons (Fsp3) is 0.286. The van der Waals surface area contributed by atoms with Crippen LogP contribution < -0.4 is 4.74 Å². The average Bonchev–Trinajstić information content (AvgIpc) is 3.27. The second-order valence-corrected chi connectivity index (χ2v) is 6.48. The Morgan fingerprint density at radius 1 is 1.30 bits per heavy atom. The lowest BCUT2D eigenvalue weighted by Crippen LogP contribution is -2.16. The van der Waals surface area contributed by atoms with Gasteiger partial charge in [-0.05, 0) is 56.8 Å². The minimum absolute atomic E-state index is 0.0352. The van der Waals surface area contributed by atoms with Gasteiger partial charge in [-0.3, -0.25) is 0 Å². The molecule has 0 radical (unpaired) electrons. The number of hydrogen-bond acceptors (Lipinski definition) is 4. The zero-order valence-electron chi connectivity index (χ0n) is 11.4. The van der Waals surface area contributed by atoms with Gasteiger partial charge in [0.25, 0.3) is 0 Å². The number of aliphatic hydroxyl groups excluding tert-OH is 1. The standard InChI is InChI=1S/C14H11Br2F2NO4/c15-7-4-3-6(9(16)12(7)23-14(17)18)11(20)8(13(21)22)10(19)5-1-2-5/h3-5,14,19-20H,1-2H2,(H,21,22). The first kappa shape index (κ1) is 17.9. The van der Waals surface area contributed by atoms with Crippen LogP contribution in [0.2, 0.25) is 0 Å². The zero-order chi connectivity index (χ0) is 17.3. The third-order valence-corrected chi connectivity index (χ3v) is 4.63. The molecule has 1 aromatic rings. The van der Waals surface area contributed by atoms with Gasteiger partial charge >= 0.3 is 12.6 Å². The van der Waals surface area contributed by atoms with Gasteiger partial charge in [0.2, 0.25) is 0 Å². The molecule has 124 valence electrons. The van der Waals surface area contributed by atoms with Gasteiger partial charge in [0.05, 0.1) is 14.7 Å². The highest BCUT2D eigenvalue weighted by Crippen LogP contribution is 2.41. The van der Waals surface area contributed by atoms with E-state index in [0.29, 0.717) is 12.8 Å². The molecule has 5 nitrogen and oxygen atoms in total. The van der Waals surface area contributed by atoms with Crippen molar-refractivity contribution in [2.45, 2.75) is 19.5 Å². The summed E-state index contributed by atoms with van der Waals surface area (Å²) in [7, 11) is 0. The molecule has 23 heavy (non-hydrogen) atoms. The molecule has 0 atom stereocenters. The summed E-state index contributed by atoms with van der Waals surface area (Å²) >= 11 is 6.08. The van der Waals surface area contributed by atoms with Crippen molar-refractivity contribution < 1.29 is 28.5 Å². The molecule has 0 amide bonds. The number of alkyl halides is 2. The van der Waals surface area contributed by atoms with Gasteiger partial charge in [-0.15, -0.1) is 0 Å². The molecule has 0 heterocycles. The Kier molecular flexibility index (Phi) is 5.41. The second-order valence-electron chi connectivity index (χ2n) is 4.83. The Hall–Kier alpha value is -1.48. The third kappa shape index (κ3) is 3.89. The van der Waals surface area contributed by atoms with Crippen molar-refractivity contribution in [3.05, 3.63) is 32.2 Å². The van der Waals surface area contributed by atoms with Crippen molar-refractivity contribution in [3.8, 4) is 5.75 Å². The number of ether oxygens (including phenoxy) is 1. The van der Waals surface area contributed by atoms with Crippen LogP contribution >= 0.6 is 31.9 Å². The van der Waals surface area contributed by atoms with E-state index in [1.165, 1.54) is 12.1 Å². The summed E-state index contributed by atoms with van der Waals surface area (Å²) < 4.78 is 29.5. The van der Waals surface area contributed by atoms with E-state index >= 15 is 0 Å². The molecule has 1 fully saturated rings. The smallest absolute Gasteiger partial charge is 0.387 e. The molecule has 1 aliphatic rings. The number of carboxylic acid groups (broad SMARTS) is 1. The summed E-state index contributed by atoms with van der Waals surface area (Å²) in [5, 5.41) is 27.5. The van der Waals surface area contributed by atoms with Crippen LogP contribution in [0, 0.1) is 11.3 Å². The van der Waals surface area contributed by atoms with Crippen LogP contribution in [-0.4, -0.2) is 28.5 Å². The lowest BCUT2D eigenvalue weighted by molar-refractivity contribution is -0.132. The van der Waals surface area contributed by atoms with Crippen molar-refractivity contribution in [2.24, 2.45) is 5.92 Å². The first-order valence-corrected chi connectivity index (χ1v) is 8.01. The molecule has 0 saturated heterocycles. The monoisotopic (exact) mass is 453 g/mol. The number of rotatable bonds is 6. The first-order valence-electron chi connectivity index (χ1n) is 6.42. The van der Waals surface area contributed by atoms with Crippen LogP contribution in [-0.2, 0) is 4.79 Å². The lowest BCUT2D eigenvalue weighted by atomic mass is 10.0. The zero-order valence-corrected chi connectivity index (χ0v) is 14.6. The quantitative estimate of drug-likeness (QED) is 0.333. The van der Waals surface area contributed by atoms with Gasteiger partial charge in [-0.25, -0.2) is 4.79 Å². The largest absolute Gasteiger partial charge is 0.506 e. The number of halogens is 4. The van der Waals surface area contributed by atoms with Crippen LogP contribution in [0.3, 0.4) is 0 Å². The molecule has 1 aromatic carbocycles. The first-order chi connectivity index (χ1) is 10.7. The van der Waals surface area contributed by atoms with Crippen LogP contribution in [0.5, 0.6) is 5.75 Å². The maximum atomic E-state index is 12.5. The molecule has 1 saturated carbocycles. The summed E-state index contributed by atoms with van der Waals surface area (Å²) in [6.07, 6.45) is 1.37. The normalized spacial score (nSPS) is 15.3. The van der Waals surface area contributed by atoms with E-state index in [1.54, 1.807) is 0 Å². The average molecular weight is 455 g/mol.